The van der Waals surface area contributed by atoms with Gasteiger partial charge in [0.15, 0.2) is 0 Å². The first-order valence-corrected chi connectivity index (χ1v) is 8.84. The van der Waals surface area contributed by atoms with E-state index in [2.05, 4.69) is 35.1 Å². The number of carbonyl (C=O) groups excluding carboxylic acids is 1. The maximum Gasteiger partial charge on any atom is 0.267 e. The molecule has 4 nitrogen and oxygen atoms in total. The third-order valence-corrected chi connectivity index (χ3v) is 4.74. The first-order chi connectivity index (χ1) is 11.5. The van der Waals surface area contributed by atoms with Gasteiger partial charge in [0.1, 0.15) is 5.69 Å². The maximum atomic E-state index is 12.5. The lowest BCUT2D eigenvalue weighted by Gasteiger charge is -2.31. The van der Waals surface area contributed by atoms with Crippen molar-refractivity contribution in [2.45, 2.75) is 32.7 Å². The monoisotopic (exact) mass is 345 g/mol. The van der Waals surface area contributed by atoms with E-state index < -0.39 is 0 Å². The molecule has 1 aliphatic heterocycles. The van der Waals surface area contributed by atoms with Crippen molar-refractivity contribution in [1.82, 2.24) is 15.2 Å². The van der Waals surface area contributed by atoms with Crippen LogP contribution in [0, 0.1) is 0 Å². The number of rotatable bonds is 4. The second kappa shape index (κ2) is 7.41. The van der Waals surface area contributed by atoms with Crippen LogP contribution in [0.15, 0.2) is 35.9 Å². The van der Waals surface area contributed by atoms with Crippen LogP contribution < -0.4 is 5.32 Å². The van der Waals surface area contributed by atoms with Crippen LogP contribution in [0.5, 0.6) is 0 Å². The van der Waals surface area contributed by atoms with E-state index >= 15 is 0 Å². The maximum absolute atomic E-state index is 12.5. The Morgan fingerprint density at radius 3 is 2.79 bits per heavy atom. The molecule has 128 valence electrons. The van der Waals surface area contributed by atoms with Crippen molar-refractivity contribution in [3.8, 4) is 0 Å². The highest BCUT2D eigenvalue weighted by atomic mass is 35.5. The summed E-state index contributed by atoms with van der Waals surface area (Å²) >= 11 is 6.00. The fraction of sp³-hybridized carbons (Fsp3) is 0.421. The molecule has 0 unspecified atom stereocenters. The zero-order valence-electron chi connectivity index (χ0n) is 14.2. The van der Waals surface area contributed by atoms with Crippen molar-refractivity contribution in [1.29, 1.82) is 0 Å². The van der Waals surface area contributed by atoms with Crippen LogP contribution in [0.1, 0.15) is 37.2 Å². The summed E-state index contributed by atoms with van der Waals surface area (Å²) in [5.41, 5.74) is 2.88. The fourth-order valence-corrected chi connectivity index (χ4v) is 3.24. The molecule has 0 radical (unpaired) electrons. The Morgan fingerprint density at radius 1 is 1.33 bits per heavy atom. The lowest BCUT2D eigenvalue weighted by molar-refractivity contribution is 0.0910. The Bertz CT molecular complexity index is 753. The predicted octanol–water partition coefficient (Wildman–Crippen LogP) is 3.98. The summed E-state index contributed by atoms with van der Waals surface area (Å²) in [5.74, 6) is -0.0370. The van der Waals surface area contributed by atoms with Crippen molar-refractivity contribution >= 4 is 28.4 Å². The number of amides is 1. The fourth-order valence-electron chi connectivity index (χ4n) is 3.06. The van der Waals surface area contributed by atoms with Gasteiger partial charge in [-0.15, -0.1) is 0 Å². The minimum atomic E-state index is -0.0370. The van der Waals surface area contributed by atoms with Crippen molar-refractivity contribution in [2.75, 3.05) is 19.6 Å². The Balaban J connectivity index is 1.56. The van der Waals surface area contributed by atoms with Gasteiger partial charge in [0.05, 0.1) is 0 Å². The number of aromatic nitrogens is 1. The zero-order chi connectivity index (χ0) is 17.1. The van der Waals surface area contributed by atoms with Crippen LogP contribution in [0.3, 0.4) is 0 Å². The molecule has 1 aromatic heterocycles. The van der Waals surface area contributed by atoms with Gasteiger partial charge in [-0.05, 0) is 51.0 Å². The second-order valence-electron chi connectivity index (χ2n) is 6.74. The first kappa shape index (κ1) is 17.1. The highest BCUT2D eigenvalue weighted by Gasteiger charge is 2.21. The summed E-state index contributed by atoms with van der Waals surface area (Å²) in [4.78, 5) is 18.1. The van der Waals surface area contributed by atoms with E-state index in [1.807, 2.05) is 24.3 Å². The van der Waals surface area contributed by atoms with Gasteiger partial charge >= 0.3 is 0 Å². The highest BCUT2D eigenvalue weighted by Crippen LogP contribution is 2.20. The van der Waals surface area contributed by atoms with Crippen LogP contribution in [0.4, 0.5) is 0 Å². The lowest BCUT2D eigenvalue weighted by atomic mass is 10.0. The van der Waals surface area contributed by atoms with E-state index in [4.69, 9.17) is 11.6 Å². The summed E-state index contributed by atoms with van der Waals surface area (Å²) in [6, 6.07) is 7.70. The molecule has 1 saturated heterocycles. The Morgan fingerprint density at radius 2 is 2.08 bits per heavy atom. The number of aromatic amines is 1. The van der Waals surface area contributed by atoms with Crippen LogP contribution in [-0.4, -0.2) is 41.5 Å². The van der Waals surface area contributed by atoms with Gasteiger partial charge in [-0.1, -0.05) is 23.3 Å². The van der Waals surface area contributed by atoms with E-state index in [0.717, 1.165) is 43.4 Å². The topological polar surface area (TPSA) is 48.1 Å². The summed E-state index contributed by atoms with van der Waals surface area (Å²) in [7, 11) is 0. The van der Waals surface area contributed by atoms with Gasteiger partial charge in [0.2, 0.25) is 0 Å². The zero-order valence-corrected chi connectivity index (χ0v) is 15.0. The van der Waals surface area contributed by atoms with Crippen LogP contribution in [0.2, 0.25) is 5.02 Å². The SMILES string of the molecule is CC(C)=CCN1CCC(NC(=O)c2cc3cc(Cl)ccc3[nH]2)CC1. The standard InChI is InChI=1S/C19H24ClN3O/c1-13(2)5-8-23-9-6-16(7-10-23)21-19(24)18-12-14-11-15(20)3-4-17(14)22-18/h3-5,11-12,16,22H,6-10H2,1-2H3,(H,21,24). The van der Waals surface area contributed by atoms with Crippen molar-refractivity contribution in [3.05, 3.63) is 46.6 Å². The van der Waals surface area contributed by atoms with Crippen LogP contribution in [0.25, 0.3) is 10.9 Å². The molecule has 1 aromatic carbocycles. The molecule has 1 amide bonds. The number of piperidine rings is 1. The molecule has 5 heteroatoms. The number of nitrogens with zero attached hydrogens (tertiary/aromatic N) is 1. The van der Waals surface area contributed by atoms with Crippen molar-refractivity contribution in [3.63, 3.8) is 0 Å². The number of likely N-dealkylation sites (tertiary alicyclic amines) is 1. The predicted molar refractivity (Wildman–Crippen MR) is 99.7 cm³/mol. The number of halogens is 1. The van der Waals surface area contributed by atoms with Crippen LogP contribution in [-0.2, 0) is 0 Å². The molecule has 3 rings (SSSR count). The number of benzene rings is 1. The Hall–Kier alpha value is -1.78. The number of allylic oxidation sites excluding steroid dienone is 1. The summed E-state index contributed by atoms with van der Waals surface area (Å²) < 4.78 is 0. The van der Waals surface area contributed by atoms with E-state index in [9.17, 15) is 4.79 Å². The summed E-state index contributed by atoms with van der Waals surface area (Å²) in [5, 5.41) is 4.79. The molecule has 0 saturated carbocycles. The molecule has 2 N–H and O–H groups in total. The smallest absolute Gasteiger partial charge is 0.267 e. The number of H-pyrrole nitrogens is 1. The largest absolute Gasteiger partial charge is 0.351 e. The van der Waals surface area contributed by atoms with E-state index in [1.54, 1.807) is 0 Å². The molecule has 1 aliphatic rings. The van der Waals surface area contributed by atoms with E-state index in [0.29, 0.717) is 10.7 Å². The normalized spacial score (nSPS) is 16.3. The average molecular weight is 346 g/mol. The third-order valence-electron chi connectivity index (χ3n) is 4.51. The molecule has 0 aliphatic carbocycles. The molecule has 0 bridgehead atoms. The van der Waals surface area contributed by atoms with Gasteiger partial charge < -0.3 is 10.3 Å². The molecule has 24 heavy (non-hydrogen) atoms. The molecular weight excluding hydrogens is 322 g/mol. The second-order valence-corrected chi connectivity index (χ2v) is 7.18. The van der Waals surface area contributed by atoms with Gasteiger partial charge in [-0.25, -0.2) is 0 Å². The van der Waals surface area contributed by atoms with Crippen molar-refractivity contribution in [2.24, 2.45) is 0 Å². The molecule has 0 atom stereocenters. The molecule has 1 fully saturated rings. The third kappa shape index (κ3) is 4.19. The molecule has 0 spiro atoms. The summed E-state index contributed by atoms with van der Waals surface area (Å²) in [6.07, 6.45) is 4.25. The van der Waals surface area contributed by atoms with E-state index in [-0.39, 0.29) is 11.9 Å². The minimum Gasteiger partial charge on any atom is -0.351 e. The minimum absolute atomic E-state index is 0.0370. The molecule has 2 heterocycles. The average Bonchev–Trinajstić information content (AvgIpc) is 2.97. The van der Waals surface area contributed by atoms with Gasteiger partial charge in [-0.3, -0.25) is 9.69 Å². The summed E-state index contributed by atoms with van der Waals surface area (Å²) in [6.45, 7) is 7.31. The molecular formula is C19H24ClN3O. The lowest BCUT2D eigenvalue weighted by Crippen LogP contribution is -2.44. The highest BCUT2D eigenvalue weighted by molar-refractivity contribution is 6.31. The first-order valence-electron chi connectivity index (χ1n) is 8.46. The number of fused-ring (bicyclic) bond motifs is 1. The van der Waals surface area contributed by atoms with Crippen molar-refractivity contribution < 1.29 is 4.79 Å². The van der Waals surface area contributed by atoms with Crippen LogP contribution >= 0.6 is 11.6 Å². The Kier molecular flexibility index (Phi) is 5.27. The number of carbonyl (C=O) groups is 1. The van der Waals surface area contributed by atoms with Gasteiger partial charge in [-0.2, -0.15) is 0 Å². The molecule has 2 aromatic rings. The quantitative estimate of drug-likeness (QED) is 0.823. The number of hydrogen-bond donors (Lipinski definition) is 2. The number of hydrogen-bond acceptors (Lipinski definition) is 2. The van der Waals surface area contributed by atoms with Gasteiger partial charge in [0.25, 0.3) is 5.91 Å². The Labute approximate surface area is 147 Å². The number of nitrogens with one attached hydrogen (secondary N) is 2. The van der Waals surface area contributed by atoms with E-state index in [1.165, 1.54) is 5.57 Å². The van der Waals surface area contributed by atoms with Gasteiger partial charge in [0, 0.05) is 41.6 Å².